The number of hydrogen-bond acceptors (Lipinski definition) is 6. The Kier molecular flexibility index (Phi) is 6.36. The first-order valence-electron chi connectivity index (χ1n) is 13.7. The Morgan fingerprint density at radius 1 is 1.00 bits per heavy atom. The van der Waals surface area contributed by atoms with Crippen LogP contribution >= 0.6 is 11.3 Å². The largest absolute Gasteiger partial charge is 0.462 e. The number of aromatic nitrogens is 1. The van der Waals surface area contributed by atoms with Crippen LogP contribution < -0.4 is 14.9 Å². The van der Waals surface area contributed by atoms with Crippen molar-refractivity contribution in [2.75, 3.05) is 6.61 Å². The van der Waals surface area contributed by atoms with Gasteiger partial charge in [-0.15, -0.1) is 0 Å². The van der Waals surface area contributed by atoms with E-state index in [0.29, 0.717) is 33.0 Å². The molecular formula is C34H26N2O4S. The summed E-state index contributed by atoms with van der Waals surface area (Å²) in [4.78, 5) is 31.7. The molecule has 0 radical (unpaired) electrons. The van der Waals surface area contributed by atoms with Crippen LogP contribution in [0.3, 0.4) is 0 Å². The maximum Gasteiger partial charge on any atom is 0.338 e. The highest BCUT2D eigenvalue weighted by Gasteiger charge is 2.32. The standard InChI is InChI=1S/C34H26N2O4S/c1-2-39-33(38)24-14-12-22(13-15-24)28-19-17-25(40-28)20-29-32(37)36-31(23-9-4-3-5-10-23)27-18-16-21-8-6-7-11-26(21)30(27)35-34(36)41-29/h3-15,17,19-20,31H,2,16,18H2,1H3/b29-20+/t31-/m1/s1. The monoisotopic (exact) mass is 558 g/mol. The van der Waals surface area contributed by atoms with Gasteiger partial charge in [0.05, 0.1) is 28.4 Å². The van der Waals surface area contributed by atoms with Crippen LogP contribution in [0.5, 0.6) is 0 Å². The Labute approximate surface area is 240 Å². The lowest BCUT2D eigenvalue weighted by atomic mass is 9.83. The van der Waals surface area contributed by atoms with Crippen molar-refractivity contribution in [1.82, 2.24) is 4.57 Å². The Morgan fingerprint density at radius 2 is 1.78 bits per heavy atom. The van der Waals surface area contributed by atoms with Gasteiger partial charge in [0.1, 0.15) is 11.5 Å². The van der Waals surface area contributed by atoms with Crippen LogP contribution in [0.2, 0.25) is 0 Å². The second kappa shape index (κ2) is 10.3. The molecular weight excluding hydrogens is 532 g/mol. The number of ether oxygens (including phenoxy) is 1. The predicted molar refractivity (Wildman–Crippen MR) is 159 cm³/mol. The summed E-state index contributed by atoms with van der Waals surface area (Å²) in [7, 11) is 0. The van der Waals surface area contributed by atoms with E-state index in [1.807, 2.05) is 47.0 Å². The van der Waals surface area contributed by atoms with Crippen molar-refractivity contribution in [2.24, 2.45) is 4.99 Å². The predicted octanol–water partition coefficient (Wildman–Crippen LogP) is 5.76. The van der Waals surface area contributed by atoms with Crippen LogP contribution in [0.4, 0.5) is 0 Å². The molecule has 41 heavy (non-hydrogen) atoms. The molecule has 0 saturated heterocycles. The molecule has 1 atom stereocenters. The van der Waals surface area contributed by atoms with E-state index in [0.717, 1.165) is 35.2 Å². The Hall–Kier alpha value is -4.75. The van der Waals surface area contributed by atoms with E-state index in [9.17, 15) is 9.59 Å². The molecule has 0 unspecified atom stereocenters. The minimum atomic E-state index is -0.353. The molecule has 5 aromatic rings. The molecule has 0 amide bonds. The zero-order valence-electron chi connectivity index (χ0n) is 22.4. The van der Waals surface area contributed by atoms with Gasteiger partial charge in [0.15, 0.2) is 4.80 Å². The quantitative estimate of drug-likeness (QED) is 0.257. The lowest BCUT2D eigenvalue weighted by Crippen LogP contribution is -2.38. The minimum Gasteiger partial charge on any atom is -0.462 e. The average Bonchev–Trinajstić information content (AvgIpc) is 3.61. The summed E-state index contributed by atoms with van der Waals surface area (Å²) in [5, 5.41) is 0. The van der Waals surface area contributed by atoms with Crippen LogP contribution in [0.25, 0.3) is 23.1 Å². The number of carbonyl (C=O) groups is 1. The molecule has 1 aliphatic heterocycles. The van der Waals surface area contributed by atoms with Gasteiger partial charge in [-0.2, -0.15) is 0 Å². The molecule has 202 valence electrons. The molecule has 1 aliphatic carbocycles. The van der Waals surface area contributed by atoms with Crippen LogP contribution in [0.1, 0.15) is 52.2 Å². The Bertz CT molecular complexity index is 2000. The SMILES string of the molecule is CCOC(=O)c1ccc(-c2ccc(/C=c3/sc4n(c3=O)[C@H](c3ccccc3)C3=C(N=4)c4ccccc4CC3)o2)cc1. The summed E-state index contributed by atoms with van der Waals surface area (Å²) < 4.78 is 13.6. The molecule has 0 fully saturated rings. The zero-order chi connectivity index (χ0) is 27.9. The molecule has 0 saturated carbocycles. The lowest BCUT2D eigenvalue weighted by Gasteiger charge is -2.30. The number of aryl methyl sites for hydroxylation is 1. The van der Waals surface area contributed by atoms with Gasteiger partial charge < -0.3 is 9.15 Å². The fraction of sp³-hybridized carbons (Fsp3) is 0.147. The summed E-state index contributed by atoms with van der Waals surface area (Å²) >= 11 is 1.38. The van der Waals surface area contributed by atoms with Crippen molar-refractivity contribution in [3.05, 3.63) is 144 Å². The summed E-state index contributed by atoms with van der Waals surface area (Å²) in [6.45, 7) is 2.11. The highest BCUT2D eigenvalue weighted by Crippen LogP contribution is 2.41. The third-order valence-electron chi connectivity index (χ3n) is 7.57. The summed E-state index contributed by atoms with van der Waals surface area (Å²) in [5.74, 6) is 0.868. The number of furan rings is 1. The second-order valence-corrected chi connectivity index (χ2v) is 11.0. The lowest BCUT2D eigenvalue weighted by molar-refractivity contribution is 0.0526. The highest BCUT2D eigenvalue weighted by molar-refractivity contribution is 7.07. The normalized spacial score (nSPS) is 16.0. The number of benzene rings is 3. The van der Waals surface area contributed by atoms with Gasteiger partial charge in [0, 0.05) is 17.2 Å². The summed E-state index contributed by atoms with van der Waals surface area (Å²) in [5.41, 5.74) is 6.92. The maximum atomic E-state index is 13.9. The first-order valence-corrected chi connectivity index (χ1v) is 14.5. The molecule has 6 nitrogen and oxygen atoms in total. The number of allylic oxidation sites excluding steroid dienone is 1. The van der Waals surface area contributed by atoms with Gasteiger partial charge in [-0.1, -0.05) is 78.1 Å². The number of fused-ring (bicyclic) bond motifs is 3. The van der Waals surface area contributed by atoms with Gasteiger partial charge in [-0.25, -0.2) is 9.79 Å². The van der Waals surface area contributed by atoms with Gasteiger partial charge >= 0.3 is 5.97 Å². The van der Waals surface area contributed by atoms with Crippen molar-refractivity contribution in [3.63, 3.8) is 0 Å². The molecule has 7 heteroatoms. The third kappa shape index (κ3) is 4.48. The van der Waals surface area contributed by atoms with Gasteiger partial charge in [-0.05, 0) is 60.7 Å². The molecule has 3 heterocycles. The van der Waals surface area contributed by atoms with Gasteiger partial charge in [0.2, 0.25) is 0 Å². The van der Waals surface area contributed by atoms with Crippen molar-refractivity contribution in [2.45, 2.75) is 25.8 Å². The number of nitrogens with zero attached hydrogens (tertiary/aromatic N) is 2. The van der Waals surface area contributed by atoms with Crippen molar-refractivity contribution >= 4 is 29.1 Å². The van der Waals surface area contributed by atoms with E-state index in [2.05, 4.69) is 36.4 Å². The number of thiazole rings is 1. The van der Waals surface area contributed by atoms with E-state index in [1.165, 1.54) is 22.5 Å². The van der Waals surface area contributed by atoms with E-state index < -0.39 is 0 Å². The van der Waals surface area contributed by atoms with Crippen LogP contribution in [0.15, 0.2) is 111 Å². The van der Waals surface area contributed by atoms with Crippen LogP contribution in [-0.2, 0) is 11.2 Å². The fourth-order valence-corrected chi connectivity index (χ4v) is 6.64. The first kappa shape index (κ1) is 25.2. The molecule has 0 N–H and O–H groups in total. The Balaban J connectivity index is 1.30. The minimum absolute atomic E-state index is 0.0789. The zero-order valence-corrected chi connectivity index (χ0v) is 23.2. The van der Waals surface area contributed by atoms with Crippen LogP contribution in [0, 0.1) is 0 Å². The van der Waals surface area contributed by atoms with Crippen LogP contribution in [-0.4, -0.2) is 17.1 Å². The van der Waals surface area contributed by atoms with E-state index >= 15 is 0 Å². The second-order valence-electron chi connectivity index (χ2n) is 10.0. The summed E-state index contributed by atoms with van der Waals surface area (Å²) in [6.07, 6.45) is 3.57. The van der Waals surface area contributed by atoms with E-state index in [4.69, 9.17) is 14.1 Å². The first-order chi connectivity index (χ1) is 20.1. The highest BCUT2D eigenvalue weighted by atomic mass is 32.1. The molecule has 3 aromatic carbocycles. The summed E-state index contributed by atoms with van der Waals surface area (Å²) in [6, 6.07) is 29.2. The van der Waals surface area contributed by atoms with Crippen molar-refractivity contribution < 1.29 is 13.9 Å². The Morgan fingerprint density at radius 3 is 2.59 bits per heavy atom. The van der Waals surface area contributed by atoms with Crippen molar-refractivity contribution in [1.29, 1.82) is 0 Å². The van der Waals surface area contributed by atoms with Gasteiger partial charge in [-0.3, -0.25) is 9.36 Å². The average molecular weight is 559 g/mol. The molecule has 0 spiro atoms. The smallest absolute Gasteiger partial charge is 0.338 e. The molecule has 7 rings (SSSR count). The van der Waals surface area contributed by atoms with Gasteiger partial charge in [0.25, 0.3) is 5.56 Å². The number of hydrogen-bond donors (Lipinski definition) is 0. The van der Waals surface area contributed by atoms with E-state index in [-0.39, 0.29) is 17.6 Å². The van der Waals surface area contributed by atoms with Crippen molar-refractivity contribution in [3.8, 4) is 11.3 Å². The number of carbonyl (C=O) groups excluding carboxylic acids is 1. The maximum absolute atomic E-state index is 13.9. The van der Waals surface area contributed by atoms with E-state index in [1.54, 1.807) is 25.1 Å². The number of esters is 1. The third-order valence-corrected chi connectivity index (χ3v) is 8.55. The molecule has 0 bridgehead atoms. The molecule has 2 aliphatic rings. The molecule has 2 aromatic heterocycles. The number of rotatable bonds is 5. The fourth-order valence-electron chi connectivity index (χ4n) is 5.66. The topological polar surface area (TPSA) is 73.8 Å².